The van der Waals surface area contributed by atoms with Gasteiger partial charge in [-0.05, 0) is 38.0 Å². The van der Waals surface area contributed by atoms with Gasteiger partial charge in [-0.15, -0.1) is 0 Å². The average molecular weight is 308 g/mol. The van der Waals surface area contributed by atoms with Gasteiger partial charge < -0.3 is 15.4 Å². The van der Waals surface area contributed by atoms with Crippen LogP contribution in [0.3, 0.4) is 0 Å². The SMILES string of the molecule is O=C(NCC1CCCC(C(F)(F)F)C1)NC[C@H]1CCCO1. The molecule has 1 saturated heterocycles. The molecule has 0 aromatic rings. The monoisotopic (exact) mass is 308 g/mol. The molecule has 21 heavy (non-hydrogen) atoms. The van der Waals surface area contributed by atoms with E-state index in [0.29, 0.717) is 19.5 Å². The lowest BCUT2D eigenvalue weighted by Crippen LogP contribution is -2.42. The highest BCUT2D eigenvalue weighted by Gasteiger charge is 2.42. The molecule has 1 heterocycles. The second-order valence-electron chi connectivity index (χ2n) is 6.00. The van der Waals surface area contributed by atoms with Gasteiger partial charge in [0.1, 0.15) is 0 Å². The van der Waals surface area contributed by atoms with Crippen molar-refractivity contribution in [3.8, 4) is 0 Å². The Labute approximate surface area is 122 Å². The van der Waals surface area contributed by atoms with Gasteiger partial charge in [-0.3, -0.25) is 0 Å². The van der Waals surface area contributed by atoms with E-state index in [4.69, 9.17) is 4.74 Å². The molecule has 2 amide bonds. The molecule has 1 aliphatic heterocycles. The number of halogens is 3. The number of urea groups is 1. The van der Waals surface area contributed by atoms with Crippen LogP contribution in [0.2, 0.25) is 0 Å². The van der Waals surface area contributed by atoms with Crippen LogP contribution >= 0.6 is 0 Å². The number of carbonyl (C=O) groups is 1. The van der Waals surface area contributed by atoms with Crippen molar-refractivity contribution in [2.45, 2.75) is 50.8 Å². The van der Waals surface area contributed by atoms with E-state index in [-0.39, 0.29) is 30.9 Å². The van der Waals surface area contributed by atoms with E-state index in [1.54, 1.807) is 0 Å². The number of hydrogen-bond acceptors (Lipinski definition) is 2. The number of hydrogen-bond donors (Lipinski definition) is 2. The van der Waals surface area contributed by atoms with Gasteiger partial charge in [0.05, 0.1) is 12.0 Å². The Morgan fingerprint density at radius 3 is 2.52 bits per heavy atom. The fraction of sp³-hybridized carbons (Fsp3) is 0.929. The van der Waals surface area contributed by atoms with Crippen molar-refractivity contribution >= 4 is 6.03 Å². The van der Waals surface area contributed by atoms with Gasteiger partial charge >= 0.3 is 12.2 Å². The molecule has 2 rings (SSSR count). The summed E-state index contributed by atoms with van der Waals surface area (Å²) in [5.41, 5.74) is 0. The third kappa shape index (κ3) is 5.37. The molecular formula is C14H23F3N2O2. The number of ether oxygens (including phenoxy) is 1. The van der Waals surface area contributed by atoms with Crippen molar-refractivity contribution in [2.24, 2.45) is 11.8 Å². The molecule has 1 aliphatic carbocycles. The second kappa shape index (κ2) is 7.33. The number of alkyl halides is 3. The molecule has 3 atom stereocenters. The molecule has 0 radical (unpaired) electrons. The topological polar surface area (TPSA) is 50.4 Å². The number of amides is 2. The molecule has 122 valence electrons. The first kappa shape index (κ1) is 16.4. The van der Waals surface area contributed by atoms with Crippen LogP contribution in [0, 0.1) is 11.8 Å². The number of nitrogens with one attached hydrogen (secondary N) is 2. The van der Waals surface area contributed by atoms with Gasteiger partial charge in [0.2, 0.25) is 0 Å². The van der Waals surface area contributed by atoms with Crippen LogP contribution in [0.15, 0.2) is 0 Å². The first-order chi connectivity index (χ1) is 9.95. The Bertz CT molecular complexity index is 344. The molecule has 1 saturated carbocycles. The van der Waals surface area contributed by atoms with Gasteiger partial charge in [0.25, 0.3) is 0 Å². The van der Waals surface area contributed by atoms with E-state index in [0.717, 1.165) is 25.9 Å². The molecule has 2 aliphatic rings. The number of carbonyl (C=O) groups excluding carboxylic acids is 1. The molecule has 4 nitrogen and oxygen atoms in total. The maximum absolute atomic E-state index is 12.7. The Morgan fingerprint density at radius 2 is 1.86 bits per heavy atom. The van der Waals surface area contributed by atoms with Crippen molar-refractivity contribution in [3.05, 3.63) is 0 Å². The van der Waals surface area contributed by atoms with Crippen LogP contribution in [0.1, 0.15) is 38.5 Å². The molecule has 2 fully saturated rings. The van der Waals surface area contributed by atoms with Crippen LogP contribution in [-0.2, 0) is 4.74 Å². The lowest BCUT2D eigenvalue weighted by atomic mass is 9.81. The van der Waals surface area contributed by atoms with Crippen LogP contribution < -0.4 is 10.6 Å². The Balaban J connectivity index is 1.63. The zero-order valence-corrected chi connectivity index (χ0v) is 12.0. The second-order valence-corrected chi connectivity index (χ2v) is 6.00. The minimum Gasteiger partial charge on any atom is -0.376 e. The van der Waals surface area contributed by atoms with Crippen LogP contribution in [0.5, 0.6) is 0 Å². The normalized spacial score (nSPS) is 30.1. The third-order valence-corrected chi connectivity index (χ3v) is 4.31. The lowest BCUT2D eigenvalue weighted by molar-refractivity contribution is -0.185. The Hall–Kier alpha value is -0.980. The zero-order valence-electron chi connectivity index (χ0n) is 12.0. The summed E-state index contributed by atoms with van der Waals surface area (Å²) in [6, 6.07) is -0.320. The van der Waals surface area contributed by atoms with Crippen molar-refractivity contribution < 1.29 is 22.7 Å². The predicted molar refractivity (Wildman–Crippen MR) is 71.9 cm³/mol. The largest absolute Gasteiger partial charge is 0.391 e. The van der Waals surface area contributed by atoms with Crippen molar-refractivity contribution in [1.82, 2.24) is 10.6 Å². The summed E-state index contributed by atoms with van der Waals surface area (Å²) >= 11 is 0. The van der Waals surface area contributed by atoms with E-state index < -0.39 is 12.1 Å². The predicted octanol–water partition coefficient (Wildman–Crippen LogP) is 2.83. The molecule has 2 N–H and O–H groups in total. The lowest BCUT2D eigenvalue weighted by Gasteiger charge is -2.30. The fourth-order valence-corrected chi connectivity index (χ4v) is 3.09. The van der Waals surface area contributed by atoms with Gasteiger partial charge in [-0.1, -0.05) is 6.42 Å². The number of rotatable bonds is 4. The summed E-state index contributed by atoms with van der Waals surface area (Å²) in [5.74, 6) is -1.30. The highest BCUT2D eigenvalue weighted by atomic mass is 19.4. The smallest absolute Gasteiger partial charge is 0.376 e. The van der Waals surface area contributed by atoms with Crippen molar-refractivity contribution in [1.29, 1.82) is 0 Å². The van der Waals surface area contributed by atoms with Gasteiger partial charge in [-0.25, -0.2) is 4.79 Å². The Morgan fingerprint density at radius 1 is 1.10 bits per heavy atom. The maximum Gasteiger partial charge on any atom is 0.391 e. The third-order valence-electron chi connectivity index (χ3n) is 4.31. The van der Waals surface area contributed by atoms with Gasteiger partial charge in [-0.2, -0.15) is 13.2 Å². The maximum atomic E-state index is 12.7. The molecule has 2 unspecified atom stereocenters. The quantitative estimate of drug-likeness (QED) is 0.839. The van der Waals surface area contributed by atoms with E-state index in [9.17, 15) is 18.0 Å². The molecule has 0 bridgehead atoms. The summed E-state index contributed by atoms with van der Waals surface area (Å²) < 4.78 is 43.5. The van der Waals surface area contributed by atoms with E-state index in [1.807, 2.05) is 0 Å². The highest BCUT2D eigenvalue weighted by molar-refractivity contribution is 5.73. The molecule has 0 spiro atoms. The molecular weight excluding hydrogens is 285 g/mol. The van der Waals surface area contributed by atoms with Crippen LogP contribution in [-0.4, -0.2) is 38.0 Å². The minimum absolute atomic E-state index is 0.0695. The van der Waals surface area contributed by atoms with Crippen molar-refractivity contribution in [3.63, 3.8) is 0 Å². The van der Waals surface area contributed by atoms with Crippen molar-refractivity contribution in [2.75, 3.05) is 19.7 Å². The van der Waals surface area contributed by atoms with E-state index >= 15 is 0 Å². The summed E-state index contributed by atoms with van der Waals surface area (Å²) in [4.78, 5) is 11.6. The highest BCUT2D eigenvalue weighted by Crippen LogP contribution is 2.39. The standard InChI is InChI=1S/C14H23F3N2O2/c15-14(16,17)11-4-1-3-10(7-11)8-18-13(20)19-9-12-5-2-6-21-12/h10-12H,1-9H2,(H2,18,19,20)/t10?,11?,12-/m1/s1. The summed E-state index contributed by atoms with van der Waals surface area (Å²) in [6.45, 7) is 1.50. The molecule has 0 aromatic carbocycles. The van der Waals surface area contributed by atoms with Crippen LogP contribution in [0.25, 0.3) is 0 Å². The van der Waals surface area contributed by atoms with E-state index in [1.165, 1.54) is 0 Å². The molecule has 0 aromatic heterocycles. The van der Waals surface area contributed by atoms with E-state index in [2.05, 4.69) is 10.6 Å². The van der Waals surface area contributed by atoms with Gasteiger partial charge in [0, 0.05) is 19.7 Å². The van der Waals surface area contributed by atoms with Gasteiger partial charge in [0.15, 0.2) is 0 Å². The average Bonchev–Trinajstić information content (AvgIpc) is 2.95. The first-order valence-corrected chi connectivity index (χ1v) is 7.65. The summed E-state index contributed by atoms with van der Waals surface area (Å²) in [7, 11) is 0. The Kier molecular flexibility index (Phi) is 5.72. The fourth-order valence-electron chi connectivity index (χ4n) is 3.09. The van der Waals surface area contributed by atoms with Crippen LogP contribution in [0.4, 0.5) is 18.0 Å². The first-order valence-electron chi connectivity index (χ1n) is 7.65. The zero-order chi connectivity index (χ0) is 15.3. The summed E-state index contributed by atoms with van der Waals surface area (Å²) in [5, 5.41) is 5.38. The minimum atomic E-state index is -4.11. The summed E-state index contributed by atoms with van der Waals surface area (Å²) in [6.07, 6.45) is -0.431. The molecule has 7 heteroatoms.